The molecule has 4 bridgehead atoms. The number of hydrogen-bond acceptors (Lipinski definition) is 6. The normalized spacial score (nSPS) is 15.4. The van der Waals surface area contributed by atoms with E-state index in [9.17, 15) is 0 Å². The van der Waals surface area contributed by atoms with E-state index >= 15 is 0 Å². The van der Waals surface area contributed by atoms with Gasteiger partial charge in [0.15, 0.2) is 0 Å². The lowest BCUT2D eigenvalue weighted by Gasteiger charge is -2.13. The molecule has 0 saturated heterocycles. The van der Waals surface area contributed by atoms with E-state index in [1.807, 2.05) is 61.7 Å². The SMILES string of the molecule is C=CC.COc1ccc(-c2cnc3nc2NCCCCS(=N)c2cccc(c2)N3)cc1. The van der Waals surface area contributed by atoms with E-state index in [0.29, 0.717) is 5.95 Å². The van der Waals surface area contributed by atoms with Crippen LogP contribution in [-0.2, 0) is 10.7 Å². The number of nitrogens with one attached hydrogen (secondary N) is 3. The van der Waals surface area contributed by atoms with Crippen molar-refractivity contribution >= 4 is 28.1 Å². The maximum atomic E-state index is 8.42. The first-order chi connectivity index (χ1) is 15.1. The maximum Gasteiger partial charge on any atom is 0.229 e. The Bertz CT molecular complexity index is 1040. The highest BCUT2D eigenvalue weighted by Gasteiger charge is 2.11. The standard InChI is InChI=1S/C21H23N5OS.C3H6/c1-27-17-9-7-15(8-10-17)19-14-24-21-25-16-5-4-6-18(13-16)28(22)12-3-2-11-23-20(19)26-21;1-3-2/h4-10,13-14,22H,2-3,11-12H2,1H3,(H2,23,24,25,26);3H,1H2,2H3. The number of benzene rings is 2. The molecule has 1 atom stereocenters. The molecule has 0 amide bonds. The van der Waals surface area contributed by atoms with Crippen molar-refractivity contribution in [2.24, 2.45) is 0 Å². The van der Waals surface area contributed by atoms with Gasteiger partial charge in [-0.05, 0) is 55.7 Å². The summed E-state index contributed by atoms with van der Waals surface area (Å²) in [6.45, 7) is 6.06. The molecule has 1 aliphatic heterocycles. The zero-order chi connectivity index (χ0) is 22.1. The summed E-state index contributed by atoms with van der Waals surface area (Å²) in [6, 6.07) is 15.9. The van der Waals surface area contributed by atoms with Crippen LogP contribution < -0.4 is 15.4 Å². The molecule has 0 saturated carbocycles. The molecule has 1 aromatic heterocycles. The fourth-order valence-electron chi connectivity index (χ4n) is 3.11. The van der Waals surface area contributed by atoms with Crippen LogP contribution in [0.25, 0.3) is 11.1 Å². The van der Waals surface area contributed by atoms with E-state index in [1.54, 1.807) is 13.2 Å². The summed E-state index contributed by atoms with van der Waals surface area (Å²) >= 11 is 0. The van der Waals surface area contributed by atoms with Crippen LogP contribution in [0.2, 0.25) is 0 Å². The van der Waals surface area contributed by atoms with Gasteiger partial charge in [0.25, 0.3) is 0 Å². The van der Waals surface area contributed by atoms with Crippen molar-refractivity contribution in [1.82, 2.24) is 9.97 Å². The largest absolute Gasteiger partial charge is 0.497 e. The zero-order valence-corrected chi connectivity index (χ0v) is 18.8. The summed E-state index contributed by atoms with van der Waals surface area (Å²) in [6.07, 6.45) is 5.60. The average Bonchev–Trinajstić information content (AvgIpc) is 2.80. The summed E-state index contributed by atoms with van der Waals surface area (Å²) in [4.78, 5) is 10.3. The van der Waals surface area contributed by atoms with E-state index in [-0.39, 0.29) is 0 Å². The lowest BCUT2D eigenvalue weighted by atomic mass is 10.1. The fraction of sp³-hybridized carbons (Fsp3) is 0.250. The van der Waals surface area contributed by atoms with Gasteiger partial charge in [-0.25, -0.2) is 4.98 Å². The Balaban J connectivity index is 0.000000858. The first-order valence-electron chi connectivity index (χ1n) is 10.3. The molecule has 0 radical (unpaired) electrons. The monoisotopic (exact) mass is 435 g/mol. The Hall–Kier alpha value is -3.19. The number of rotatable bonds is 2. The number of methoxy groups -OCH3 is 1. The number of allylic oxidation sites excluding steroid dienone is 1. The molecular weight excluding hydrogens is 406 g/mol. The fourth-order valence-corrected chi connectivity index (χ4v) is 4.35. The second-order valence-electron chi connectivity index (χ2n) is 6.97. The molecule has 0 fully saturated rings. The zero-order valence-electron chi connectivity index (χ0n) is 18.0. The molecule has 3 N–H and O–H groups in total. The van der Waals surface area contributed by atoms with Gasteiger partial charge < -0.3 is 15.4 Å². The highest BCUT2D eigenvalue weighted by atomic mass is 32.2. The topological polar surface area (TPSA) is 82.9 Å². The summed E-state index contributed by atoms with van der Waals surface area (Å²) in [5.74, 6) is 3.05. The van der Waals surface area contributed by atoms with E-state index in [1.165, 1.54) is 0 Å². The van der Waals surface area contributed by atoms with Crippen molar-refractivity contribution in [3.63, 3.8) is 0 Å². The van der Waals surface area contributed by atoms with Gasteiger partial charge in [-0.2, -0.15) is 4.98 Å². The second-order valence-corrected chi connectivity index (χ2v) is 8.64. The van der Waals surface area contributed by atoms with Gasteiger partial charge in [-0.1, -0.05) is 35.0 Å². The number of aromatic nitrogens is 2. The molecule has 4 rings (SSSR count). The molecule has 7 heteroatoms. The minimum Gasteiger partial charge on any atom is -0.497 e. The van der Waals surface area contributed by atoms with E-state index in [4.69, 9.17) is 14.5 Å². The van der Waals surface area contributed by atoms with E-state index in [2.05, 4.69) is 22.2 Å². The van der Waals surface area contributed by atoms with Gasteiger partial charge in [-0.3, -0.25) is 4.78 Å². The van der Waals surface area contributed by atoms with E-state index < -0.39 is 10.7 Å². The molecule has 2 aromatic carbocycles. The summed E-state index contributed by atoms with van der Waals surface area (Å²) in [5, 5.41) is 6.74. The number of fused-ring (bicyclic) bond motifs is 4. The van der Waals surface area contributed by atoms with Crippen molar-refractivity contribution in [1.29, 1.82) is 4.78 Å². The molecule has 3 aromatic rings. The van der Waals surface area contributed by atoms with Crippen LogP contribution in [0.3, 0.4) is 0 Å². The third-order valence-corrected chi connectivity index (χ3v) is 6.15. The van der Waals surface area contributed by atoms with Gasteiger partial charge >= 0.3 is 0 Å². The van der Waals surface area contributed by atoms with Gasteiger partial charge in [-0.15, -0.1) is 6.58 Å². The highest BCUT2D eigenvalue weighted by Crippen LogP contribution is 2.29. The molecular formula is C24H29N5OS. The summed E-state index contributed by atoms with van der Waals surface area (Å²) < 4.78 is 13.7. The third-order valence-electron chi connectivity index (χ3n) is 4.63. The first-order valence-corrected chi connectivity index (χ1v) is 11.7. The van der Waals surface area contributed by atoms with Crippen LogP contribution in [0.5, 0.6) is 5.75 Å². The van der Waals surface area contributed by atoms with Crippen molar-refractivity contribution in [3.8, 4) is 16.9 Å². The van der Waals surface area contributed by atoms with Gasteiger partial charge in [0.05, 0.1) is 7.11 Å². The molecule has 1 unspecified atom stereocenters. The molecule has 1 aliphatic rings. The van der Waals surface area contributed by atoms with Crippen molar-refractivity contribution in [2.45, 2.75) is 24.7 Å². The number of hydrogen-bond donors (Lipinski definition) is 3. The predicted octanol–water partition coefficient (Wildman–Crippen LogP) is 6.03. The quantitative estimate of drug-likeness (QED) is 0.428. The molecule has 31 heavy (non-hydrogen) atoms. The van der Waals surface area contributed by atoms with Crippen LogP contribution in [-0.4, -0.2) is 29.4 Å². The molecule has 2 heterocycles. The highest BCUT2D eigenvalue weighted by molar-refractivity contribution is 7.86. The Morgan fingerprint density at radius 2 is 1.94 bits per heavy atom. The Kier molecular flexibility index (Phi) is 8.18. The lowest BCUT2D eigenvalue weighted by Crippen LogP contribution is -2.08. The minimum atomic E-state index is -0.497. The molecule has 6 nitrogen and oxygen atoms in total. The van der Waals surface area contributed by atoms with Crippen LogP contribution in [0.1, 0.15) is 19.8 Å². The summed E-state index contributed by atoms with van der Waals surface area (Å²) in [7, 11) is 1.17. The smallest absolute Gasteiger partial charge is 0.229 e. The minimum absolute atomic E-state index is 0.497. The summed E-state index contributed by atoms with van der Waals surface area (Å²) in [5.41, 5.74) is 2.90. The average molecular weight is 436 g/mol. The van der Waals surface area contributed by atoms with E-state index in [0.717, 1.165) is 58.4 Å². The third kappa shape index (κ3) is 6.15. The van der Waals surface area contributed by atoms with Crippen LogP contribution in [0, 0.1) is 4.78 Å². The van der Waals surface area contributed by atoms with Crippen molar-refractivity contribution < 1.29 is 4.74 Å². The van der Waals surface area contributed by atoms with Crippen LogP contribution >= 0.6 is 0 Å². The second kappa shape index (κ2) is 11.3. The number of ether oxygens (including phenoxy) is 1. The first kappa shape index (κ1) is 22.5. The van der Waals surface area contributed by atoms with Gasteiger partial charge in [0, 0.05) is 34.6 Å². The maximum absolute atomic E-state index is 8.42. The molecule has 0 aliphatic carbocycles. The van der Waals surface area contributed by atoms with Gasteiger partial charge in [0.2, 0.25) is 5.95 Å². The Labute approximate surface area is 186 Å². The van der Waals surface area contributed by atoms with Crippen LogP contribution in [0.15, 0.2) is 72.3 Å². The number of nitrogens with zero attached hydrogens (tertiary/aromatic N) is 2. The van der Waals surface area contributed by atoms with Crippen LogP contribution in [0.4, 0.5) is 17.5 Å². The Morgan fingerprint density at radius 3 is 2.68 bits per heavy atom. The van der Waals surface area contributed by atoms with Crippen molar-refractivity contribution in [3.05, 3.63) is 67.4 Å². The van der Waals surface area contributed by atoms with Gasteiger partial charge in [0.1, 0.15) is 11.6 Å². The lowest BCUT2D eigenvalue weighted by molar-refractivity contribution is 0.415. The Morgan fingerprint density at radius 1 is 1.16 bits per heavy atom. The molecule has 0 spiro atoms. The number of anilines is 3. The molecule has 162 valence electrons. The van der Waals surface area contributed by atoms with Crippen molar-refractivity contribution in [2.75, 3.05) is 30.0 Å². The predicted molar refractivity (Wildman–Crippen MR) is 131 cm³/mol.